The summed E-state index contributed by atoms with van der Waals surface area (Å²) < 4.78 is 0. The SMILES string of the molecule is c1ccc2c(c1)-c1cccc3c(-c4cccc5c4ccc4ccccc45)ccc-2c13. The fraction of sp³-hybridized carbons (Fsp3) is 0. The maximum atomic E-state index is 2.31. The monoisotopic (exact) mass is 378 g/mol. The second-order valence-corrected chi connectivity index (χ2v) is 8.12. The summed E-state index contributed by atoms with van der Waals surface area (Å²) in [6.07, 6.45) is 0. The lowest BCUT2D eigenvalue weighted by molar-refractivity contribution is 1.69. The van der Waals surface area contributed by atoms with Crippen LogP contribution in [0.5, 0.6) is 0 Å². The van der Waals surface area contributed by atoms with Crippen LogP contribution in [0, 0.1) is 0 Å². The van der Waals surface area contributed by atoms with E-state index in [1.807, 2.05) is 0 Å². The third-order valence-corrected chi connectivity index (χ3v) is 6.62. The van der Waals surface area contributed by atoms with Crippen LogP contribution in [0.3, 0.4) is 0 Å². The van der Waals surface area contributed by atoms with Crippen molar-refractivity contribution in [3.05, 3.63) is 109 Å². The molecule has 0 fully saturated rings. The molecule has 0 heterocycles. The zero-order chi connectivity index (χ0) is 19.7. The van der Waals surface area contributed by atoms with Gasteiger partial charge in [0.2, 0.25) is 0 Å². The first kappa shape index (κ1) is 16.0. The van der Waals surface area contributed by atoms with Crippen LogP contribution in [0.25, 0.3) is 65.7 Å². The van der Waals surface area contributed by atoms with Gasteiger partial charge in [0.15, 0.2) is 0 Å². The molecule has 7 rings (SSSR count). The van der Waals surface area contributed by atoms with Crippen molar-refractivity contribution < 1.29 is 0 Å². The Morgan fingerprint density at radius 3 is 1.70 bits per heavy atom. The van der Waals surface area contributed by atoms with Gasteiger partial charge >= 0.3 is 0 Å². The minimum atomic E-state index is 1.29. The van der Waals surface area contributed by atoms with Gasteiger partial charge in [-0.1, -0.05) is 109 Å². The summed E-state index contributed by atoms with van der Waals surface area (Å²) in [5.74, 6) is 0. The number of hydrogen-bond acceptors (Lipinski definition) is 0. The molecule has 6 aromatic rings. The topological polar surface area (TPSA) is 0 Å². The molecule has 0 spiro atoms. The van der Waals surface area contributed by atoms with Gasteiger partial charge in [-0.15, -0.1) is 0 Å². The lowest BCUT2D eigenvalue weighted by Gasteiger charge is -2.13. The molecule has 0 nitrogen and oxygen atoms in total. The second kappa shape index (κ2) is 5.81. The highest BCUT2D eigenvalue weighted by Crippen LogP contribution is 2.49. The van der Waals surface area contributed by atoms with E-state index in [1.165, 1.54) is 65.7 Å². The molecule has 0 bridgehead atoms. The molecule has 0 saturated carbocycles. The van der Waals surface area contributed by atoms with Gasteiger partial charge in [0.05, 0.1) is 0 Å². The first-order valence-electron chi connectivity index (χ1n) is 10.5. The van der Waals surface area contributed by atoms with Crippen molar-refractivity contribution in [3.8, 4) is 33.4 Å². The van der Waals surface area contributed by atoms with Crippen molar-refractivity contribution in [2.75, 3.05) is 0 Å². The van der Waals surface area contributed by atoms with Crippen molar-refractivity contribution in [1.29, 1.82) is 0 Å². The Balaban J connectivity index is 1.59. The first-order chi connectivity index (χ1) is 14.9. The van der Waals surface area contributed by atoms with E-state index in [4.69, 9.17) is 0 Å². The van der Waals surface area contributed by atoms with E-state index >= 15 is 0 Å². The fourth-order valence-corrected chi connectivity index (χ4v) is 5.32. The predicted molar refractivity (Wildman–Crippen MR) is 129 cm³/mol. The van der Waals surface area contributed by atoms with E-state index < -0.39 is 0 Å². The average molecular weight is 378 g/mol. The molecule has 138 valence electrons. The molecule has 0 aliphatic heterocycles. The van der Waals surface area contributed by atoms with Gasteiger partial charge in [-0.2, -0.15) is 0 Å². The smallest absolute Gasteiger partial charge is 0.00201 e. The van der Waals surface area contributed by atoms with Crippen LogP contribution in [-0.4, -0.2) is 0 Å². The Bertz CT molecular complexity index is 1610. The van der Waals surface area contributed by atoms with E-state index in [1.54, 1.807) is 0 Å². The number of benzene rings is 6. The molecule has 0 N–H and O–H groups in total. The van der Waals surface area contributed by atoms with Gasteiger partial charge in [-0.05, 0) is 65.7 Å². The molecule has 0 aromatic heterocycles. The van der Waals surface area contributed by atoms with Crippen LogP contribution in [0.2, 0.25) is 0 Å². The Morgan fingerprint density at radius 1 is 0.267 bits per heavy atom. The second-order valence-electron chi connectivity index (χ2n) is 8.12. The normalized spacial score (nSPS) is 12.0. The molecule has 0 atom stereocenters. The summed E-state index contributed by atoms with van der Waals surface area (Å²) >= 11 is 0. The third-order valence-electron chi connectivity index (χ3n) is 6.62. The van der Waals surface area contributed by atoms with Crippen LogP contribution in [0.1, 0.15) is 0 Å². The molecular weight excluding hydrogens is 360 g/mol. The van der Waals surface area contributed by atoms with E-state index in [9.17, 15) is 0 Å². The highest BCUT2D eigenvalue weighted by molar-refractivity contribution is 6.21. The van der Waals surface area contributed by atoms with Gasteiger partial charge in [0.25, 0.3) is 0 Å². The summed E-state index contributed by atoms with van der Waals surface area (Å²) in [6, 6.07) is 40.0. The van der Waals surface area contributed by atoms with Crippen molar-refractivity contribution in [2.24, 2.45) is 0 Å². The number of rotatable bonds is 1. The van der Waals surface area contributed by atoms with Crippen LogP contribution >= 0.6 is 0 Å². The zero-order valence-corrected chi connectivity index (χ0v) is 16.4. The maximum Gasteiger partial charge on any atom is -0.00201 e. The molecule has 0 amide bonds. The average Bonchev–Trinajstić information content (AvgIpc) is 3.15. The molecule has 30 heavy (non-hydrogen) atoms. The maximum absolute atomic E-state index is 2.31. The van der Waals surface area contributed by atoms with Crippen LogP contribution < -0.4 is 0 Å². The van der Waals surface area contributed by atoms with Crippen LogP contribution in [0.15, 0.2) is 109 Å². The summed E-state index contributed by atoms with van der Waals surface area (Å²) in [7, 11) is 0. The summed E-state index contributed by atoms with van der Waals surface area (Å²) in [4.78, 5) is 0. The molecule has 1 aliphatic rings. The summed E-state index contributed by atoms with van der Waals surface area (Å²) in [5, 5.41) is 7.95. The fourth-order valence-electron chi connectivity index (χ4n) is 5.32. The lowest BCUT2D eigenvalue weighted by Crippen LogP contribution is -1.86. The van der Waals surface area contributed by atoms with Crippen molar-refractivity contribution >= 4 is 32.3 Å². The molecule has 0 radical (unpaired) electrons. The molecule has 0 saturated heterocycles. The quantitative estimate of drug-likeness (QED) is 0.251. The van der Waals surface area contributed by atoms with Crippen molar-refractivity contribution in [2.45, 2.75) is 0 Å². The van der Waals surface area contributed by atoms with Crippen LogP contribution in [-0.2, 0) is 0 Å². The highest BCUT2D eigenvalue weighted by atomic mass is 14.2. The van der Waals surface area contributed by atoms with Gasteiger partial charge < -0.3 is 0 Å². The molecule has 1 aliphatic carbocycles. The van der Waals surface area contributed by atoms with E-state index in [2.05, 4.69) is 109 Å². The number of hydrogen-bond donors (Lipinski definition) is 0. The molecule has 6 aromatic carbocycles. The Kier molecular flexibility index (Phi) is 3.09. The van der Waals surface area contributed by atoms with Crippen molar-refractivity contribution in [3.63, 3.8) is 0 Å². The Hall–Kier alpha value is -3.90. The Morgan fingerprint density at radius 2 is 0.833 bits per heavy atom. The van der Waals surface area contributed by atoms with Crippen LogP contribution in [0.4, 0.5) is 0 Å². The lowest BCUT2D eigenvalue weighted by atomic mass is 9.90. The minimum absolute atomic E-state index is 1.29. The largest absolute Gasteiger partial charge is 0.0616 e. The minimum Gasteiger partial charge on any atom is -0.0616 e. The molecular formula is C30H18. The standard InChI is InChI=1S/C30H18/c1-2-8-20-19(7-1)15-16-25-21(20)11-5-12-22(25)26-17-18-29-24-10-4-3-9-23(24)27-13-6-14-28(26)30(27)29/h1-18H. The predicted octanol–water partition coefficient (Wildman–Crippen LogP) is 8.46. The van der Waals surface area contributed by atoms with Crippen molar-refractivity contribution in [1.82, 2.24) is 0 Å². The number of fused-ring (bicyclic) bond motifs is 6. The van der Waals surface area contributed by atoms with E-state index in [-0.39, 0.29) is 0 Å². The van der Waals surface area contributed by atoms with Gasteiger partial charge in [-0.3, -0.25) is 0 Å². The van der Waals surface area contributed by atoms with Gasteiger partial charge in [-0.25, -0.2) is 0 Å². The first-order valence-corrected chi connectivity index (χ1v) is 10.5. The van der Waals surface area contributed by atoms with Gasteiger partial charge in [0, 0.05) is 0 Å². The summed E-state index contributed by atoms with van der Waals surface area (Å²) in [5.41, 5.74) is 8.01. The summed E-state index contributed by atoms with van der Waals surface area (Å²) in [6.45, 7) is 0. The molecule has 0 heteroatoms. The Labute approximate surface area is 175 Å². The highest BCUT2D eigenvalue weighted by Gasteiger charge is 2.22. The zero-order valence-electron chi connectivity index (χ0n) is 16.4. The molecule has 0 unspecified atom stereocenters. The van der Waals surface area contributed by atoms with E-state index in [0.717, 1.165) is 0 Å². The third kappa shape index (κ3) is 2.00. The van der Waals surface area contributed by atoms with E-state index in [0.29, 0.717) is 0 Å². The van der Waals surface area contributed by atoms with Gasteiger partial charge in [0.1, 0.15) is 0 Å².